The molecule has 2 heterocycles. The molecule has 0 aliphatic rings. The molecule has 152 valence electrons. The Labute approximate surface area is 183 Å². The molecule has 2 aromatic heterocycles. The topological polar surface area (TPSA) is 92.8 Å². The zero-order valence-corrected chi connectivity index (χ0v) is 17.0. The molecule has 31 heavy (non-hydrogen) atoms. The minimum absolute atomic E-state index is 0.200. The van der Waals surface area contributed by atoms with Gasteiger partial charge in [-0.2, -0.15) is 5.26 Å². The number of anilines is 1. The molecule has 0 unspecified atom stereocenters. The van der Waals surface area contributed by atoms with E-state index in [0.29, 0.717) is 28.7 Å². The van der Waals surface area contributed by atoms with Crippen molar-refractivity contribution < 1.29 is 9.53 Å². The second-order valence-electron chi connectivity index (χ2n) is 6.59. The first-order chi connectivity index (χ1) is 15.1. The highest BCUT2D eigenvalue weighted by molar-refractivity contribution is 6.30. The van der Waals surface area contributed by atoms with Gasteiger partial charge < -0.3 is 14.6 Å². The predicted octanol–water partition coefficient (Wildman–Crippen LogP) is 4.90. The van der Waals surface area contributed by atoms with Gasteiger partial charge in [-0.15, -0.1) is 0 Å². The Hall–Kier alpha value is -4.15. The molecule has 0 bridgehead atoms. The Balaban J connectivity index is 1.46. The number of amides is 1. The van der Waals surface area contributed by atoms with E-state index in [4.69, 9.17) is 21.6 Å². The maximum Gasteiger partial charge on any atom is 0.275 e. The Kier molecular flexibility index (Phi) is 5.92. The largest absolute Gasteiger partial charge is 0.439 e. The molecule has 0 atom stereocenters. The zero-order chi connectivity index (χ0) is 21.6. The molecule has 1 amide bonds. The van der Waals surface area contributed by atoms with Crippen LogP contribution in [-0.4, -0.2) is 20.4 Å². The van der Waals surface area contributed by atoms with Crippen LogP contribution in [0.4, 0.5) is 5.82 Å². The summed E-state index contributed by atoms with van der Waals surface area (Å²) in [6.45, 7) is 0.493. The Bertz CT molecular complexity index is 1260. The first-order valence-corrected chi connectivity index (χ1v) is 9.69. The number of hydrogen-bond donors (Lipinski definition) is 1. The smallest absolute Gasteiger partial charge is 0.275 e. The van der Waals surface area contributed by atoms with Gasteiger partial charge in [-0.25, -0.2) is 9.97 Å². The van der Waals surface area contributed by atoms with Crippen molar-refractivity contribution >= 4 is 23.3 Å². The SMILES string of the molecule is N#Cc1ccc(Cn2cncc2NC(=O)c2cccc(Oc3cccc(Cl)c3)n2)cc1. The van der Waals surface area contributed by atoms with E-state index in [2.05, 4.69) is 21.4 Å². The monoisotopic (exact) mass is 429 g/mol. The number of nitriles is 1. The third-order valence-corrected chi connectivity index (χ3v) is 4.60. The van der Waals surface area contributed by atoms with Gasteiger partial charge in [-0.1, -0.05) is 35.9 Å². The van der Waals surface area contributed by atoms with Crippen LogP contribution in [0.15, 0.2) is 79.3 Å². The summed E-state index contributed by atoms with van der Waals surface area (Å²) in [4.78, 5) is 21.1. The van der Waals surface area contributed by atoms with Crippen LogP contribution >= 0.6 is 11.6 Å². The van der Waals surface area contributed by atoms with Gasteiger partial charge in [-0.05, 0) is 42.0 Å². The van der Waals surface area contributed by atoms with Crippen molar-refractivity contribution in [2.75, 3.05) is 5.32 Å². The van der Waals surface area contributed by atoms with E-state index >= 15 is 0 Å². The second kappa shape index (κ2) is 9.11. The van der Waals surface area contributed by atoms with Crippen molar-refractivity contribution in [3.63, 3.8) is 0 Å². The van der Waals surface area contributed by atoms with Crippen molar-refractivity contribution in [1.82, 2.24) is 14.5 Å². The van der Waals surface area contributed by atoms with Gasteiger partial charge in [0.2, 0.25) is 5.88 Å². The van der Waals surface area contributed by atoms with Crippen molar-refractivity contribution in [2.45, 2.75) is 6.54 Å². The first-order valence-electron chi connectivity index (χ1n) is 9.32. The summed E-state index contributed by atoms with van der Waals surface area (Å²) in [7, 11) is 0. The van der Waals surface area contributed by atoms with Gasteiger partial charge in [0.15, 0.2) is 0 Å². The molecule has 7 nitrogen and oxygen atoms in total. The normalized spacial score (nSPS) is 10.3. The van der Waals surface area contributed by atoms with E-state index in [1.54, 1.807) is 71.7 Å². The summed E-state index contributed by atoms with van der Waals surface area (Å²) < 4.78 is 7.49. The maximum absolute atomic E-state index is 12.7. The summed E-state index contributed by atoms with van der Waals surface area (Å²) in [5, 5.41) is 12.3. The summed E-state index contributed by atoms with van der Waals surface area (Å²) in [5.41, 5.74) is 1.77. The Morgan fingerprint density at radius 1 is 1.13 bits per heavy atom. The minimum Gasteiger partial charge on any atom is -0.439 e. The van der Waals surface area contributed by atoms with Crippen LogP contribution in [-0.2, 0) is 6.54 Å². The van der Waals surface area contributed by atoms with Gasteiger partial charge >= 0.3 is 0 Å². The number of rotatable bonds is 6. The highest BCUT2D eigenvalue weighted by atomic mass is 35.5. The lowest BCUT2D eigenvalue weighted by molar-refractivity contribution is 0.102. The van der Waals surface area contributed by atoms with Crippen LogP contribution in [0, 0.1) is 11.3 Å². The molecule has 0 spiro atoms. The number of pyridine rings is 1. The van der Waals surface area contributed by atoms with Gasteiger partial charge in [-0.3, -0.25) is 4.79 Å². The van der Waals surface area contributed by atoms with E-state index in [-0.39, 0.29) is 11.6 Å². The predicted molar refractivity (Wildman–Crippen MR) is 116 cm³/mol. The van der Waals surface area contributed by atoms with Crippen molar-refractivity contribution in [2.24, 2.45) is 0 Å². The molecule has 0 radical (unpaired) electrons. The molecule has 0 saturated carbocycles. The molecule has 0 aliphatic carbocycles. The van der Waals surface area contributed by atoms with Crippen molar-refractivity contribution in [1.29, 1.82) is 5.26 Å². The number of aromatic nitrogens is 3. The Morgan fingerprint density at radius 3 is 2.71 bits per heavy atom. The summed E-state index contributed by atoms with van der Waals surface area (Å²) in [6, 6.07) is 21.2. The van der Waals surface area contributed by atoms with E-state index in [1.165, 1.54) is 0 Å². The summed E-state index contributed by atoms with van der Waals surface area (Å²) >= 11 is 5.97. The molecular weight excluding hydrogens is 414 g/mol. The molecular formula is C23H16ClN5O2. The number of ether oxygens (including phenoxy) is 1. The summed E-state index contributed by atoms with van der Waals surface area (Å²) in [6.07, 6.45) is 3.19. The number of nitrogens with zero attached hydrogens (tertiary/aromatic N) is 4. The highest BCUT2D eigenvalue weighted by Crippen LogP contribution is 2.23. The zero-order valence-electron chi connectivity index (χ0n) is 16.2. The molecule has 0 fully saturated rings. The van der Waals surface area contributed by atoms with Gasteiger partial charge in [0.25, 0.3) is 5.91 Å². The fraction of sp³-hybridized carbons (Fsp3) is 0.0435. The standard InChI is InChI=1S/C23H16ClN5O2/c24-18-3-1-4-19(11-18)31-22-6-2-5-20(27-22)23(30)28-21-13-26-15-29(21)14-17-9-7-16(12-25)8-10-17/h1-11,13,15H,14H2,(H,28,30). The number of carbonyl (C=O) groups excluding carboxylic acids is 1. The van der Waals surface area contributed by atoms with Crippen LogP contribution < -0.4 is 10.1 Å². The quantitative estimate of drug-likeness (QED) is 0.470. The number of nitrogens with one attached hydrogen (secondary N) is 1. The molecule has 0 aliphatic heterocycles. The van der Waals surface area contributed by atoms with E-state index in [0.717, 1.165) is 5.56 Å². The van der Waals surface area contributed by atoms with Crippen molar-refractivity contribution in [3.05, 3.63) is 101 Å². The Morgan fingerprint density at radius 2 is 1.94 bits per heavy atom. The lowest BCUT2D eigenvalue weighted by Crippen LogP contribution is -2.16. The van der Waals surface area contributed by atoms with E-state index in [9.17, 15) is 4.79 Å². The van der Waals surface area contributed by atoms with Gasteiger partial charge in [0.1, 0.15) is 17.3 Å². The maximum atomic E-state index is 12.7. The van der Waals surface area contributed by atoms with Crippen LogP contribution in [0.25, 0.3) is 0 Å². The van der Waals surface area contributed by atoms with Gasteiger partial charge in [0, 0.05) is 11.1 Å². The van der Waals surface area contributed by atoms with Crippen LogP contribution in [0.5, 0.6) is 11.6 Å². The number of hydrogen-bond acceptors (Lipinski definition) is 5. The number of imidazole rings is 1. The molecule has 8 heteroatoms. The molecule has 4 rings (SSSR count). The van der Waals surface area contributed by atoms with E-state index < -0.39 is 5.91 Å². The third-order valence-electron chi connectivity index (χ3n) is 4.36. The minimum atomic E-state index is -0.391. The average Bonchev–Trinajstić information content (AvgIpc) is 3.21. The lowest BCUT2D eigenvalue weighted by atomic mass is 10.1. The fourth-order valence-corrected chi connectivity index (χ4v) is 3.04. The van der Waals surface area contributed by atoms with E-state index in [1.807, 2.05) is 12.1 Å². The van der Waals surface area contributed by atoms with Crippen LogP contribution in [0.2, 0.25) is 5.02 Å². The average molecular weight is 430 g/mol. The fourth-order valence-electron chi connectivity index (χ4n) is 2.86. The molecule has 2 aromatic carbocycles. The highest BCUT2D eigenvalue weighted by Gasteiger charge is 2.12. The second-order valence-corrected chi connectivity index (χ2v) is 7.03. The number of benzene rings is 2. The number of halogens is 1. The molecule has 0 saturated heterocycles. The van der Waals surface area contributed by atoms with Crippen LogP contribution in [0.1, 0.15) is 21.6 Å². The van der Waals surface area contributed by atoms with Crippen LogP contribution in [0.3, 0.4) is 0 Å². The third kappa shape index (κ3) is 5.07. The molecule has 4 aromatic rings. The molecule has 1 N–H and O–H groups in total. The van der Waals surface area contributed by atoms with Crippen molar-refractivity contribution in [3.8, 4) is 17.7 Å². The lowest BCUT2D eigenvalue weighted by Gasteiger charge is -2.10. The number of carbonyl (C=O) groups is 1. The van der Waals surface area contributed by atoms with Gasteiger partial charge in [0.05, 0.1) is 30.7 Å². The first kappa shape index (κ1) is 20.1. The summed E-state index contributed by atoms with van der Waals surface area (Å²) in [5.74, 6) is 0.939.